The lowest BCUT2D eigenvalue weighted by molar-refractivity contribution is -0.277. The molecule has 1 aliphatic heterocycles. The number of carbonyl (C=O) groups is 2. The third-order valence-corrected chi connectivity index (χ3v) is 9.22. The fraction of sp³-hybridized carbons (Fsp3) is 0.613. The summed E-state index contributed by atoms with van der Waals surface area (Å²) in [5.41, 5.74) is -0.491. The van der Waals surface area contributed by atoms with Gasteiger partial charge in [-0.1, -0.05) is 32.1 Å². The van der Waals surface area contributed by atoms with Crippen LogP contribution in [0.3, 0.4) is 0 Å². The highest BCUT2D eigenvalue weighted by Gasteiger charge is 2.48. The van der Waals surface area contributed by atoms with E-state index in [1.54, 1.807) is 13.8 Å². The average Bonchev–Trinajstić information content (AvgIpc) is 2.97. The minimum absolute atomic E-state index is 0.0677. The zero-order valence-corrected chi connectivity index (χ0v) is 24.5. The van der Waals surface area contributed by atoms with Gasteiger partial charge in [-0.15, -0.1) is 0 Å². The van der Waals surface area contributed by atoms with Crippen LogP contribution in [0.15, 0.2) is 36.4 Å². The van der Waals surface area contributed by atoms with Crippen molar-refractivity contribution in [2.75, 3.05) is 11.9 Å². The van der Waals surface area contributed by atoms with Crippen molar-refractivity contribution in [3.05, 3.63) is 42.0 Å². The number of aliphatic hydroxyl groups excluding tert-OH is 6. The largest absolute Gasteiger partial charge is 0.505 e. The van der Waals surface area contributed by atoms with E-state index < -0.39 is 72.5 Å². The fourth-order valence-electron chi connectivity index (χ4n) is 6.10. The van der Waals surface area contributed by atoms with E-state index in [1.165, 1.54) is 18.2 Å². The summed E-state index contributed by atoms with van der Waals surface area (Å²) in [7, 11) is 0. The summed E-state index contributed by atoms with van der Waals surface area (Å²) in [5, 5.41) is 73.5. The Hall–Kier alpha value is -2.84. The van der Waals surface area contributed by atoms with Crippen LogP contribution >= 0.6 is 0 Å². The maximum absolute atomic E-state index is 13.2. The van der Waals surface area contributed by atoms with Crippen LogP contribution in [-0.4, -0.2) is 90.9 Å². The summed E-state index contributed by atoms with van der Waals surface area (Å²) >= 11 is 0. The first-order chi connectivity index (χ1) is 20.2. The molecule has 0 spiro atoms. The number of rotatable bonds is 11. The van der Waals surface area contributed by atoms with Crippen LogP contribution in [0.25, 0.3) is 0 Å². The van der Waals surface area contributed by atoms with Gasteiger partial charge in [0.25, 0.3) is 0 Å². The summed E-state index contributed by atoms with van der Waals surface area (Å²) in [5.74, 6) is -1.12. The van der Waals surface area contributed by atoms with Gasteiger partial charge in [-0.05, 0) is 56.2 Å². The Morgan fingerprint density at radius 1 is 1.16 bits per heavy atom. The SMILES string of the molecule is C=C1CC2(/C=C\C(=O)C(C)(C)CCC(=O)Nc3c(OC4OC(CO)C(O)C(O)C4O)ccc(CO)c3O)CCC1C[C@H]2O. The number of hydrogen-bond acceptors (Lipinski definition) is 11. The number of aliphatic hydroxyl groups is 6. The smallest absolute Gasteiger partial charge is 0.229 e. The number of phenols is 1. The number of anilines is 1. The molecule has 0 aromatic heterocycles. The van der Waals surface area contributed by atoms with E-state index in [0.717, 1.165) is 18.4 Å². The van der Waals surface area contributed by atoms with Crippen molar-refractivity contribution < 1.29 is 54.8 Å². The zero-order valence-electron chi connectivity index (χ0n) is 24.5. The molecule has 1 saturated heterocycles. The van der Waals surface area contributed by atoms with Gasteiger partial charge in [0.1, 0.15) is 41.6 Å². The monoisotopic (exact) mass is 605 g/mol. The van der Waals surface area contributed by atoms with Gasteiger partial charge in [-0.2, -0.15) is 0 Å². The van der Waals surface area contributed by atoms with E-state index in [0.29, 0.717) is 18.8 Å². The number of ether oxygens (including phenoxy) is 2. The number of fused-ring (bicyclic) bond motifs is 3. The van der Waals surface area contributed by atoms with E-state index >= 15 is 0 Å². The van der Waals surface area contributed by atoms with Crippen LogP contribution in [0.1, 0.15) is 57.9 Å². The van der Waals surface area contributed by atoms with E-state index in [1.807, 2.05) is 6.08 Å². The van der Waals surface area contributed by atoms with Crippen molar-refractivity contribution >= 4 is 17.4 Å². The molecule has 1 aromatic rings. The standard InChI is InChI=1S/C31H43NO11/c1-16-13-31(10-6-17(16)12-22(31)36)11-7-21(35)30(2,3)9-8-23(37)32-24-19(5-4-18(14-33)25(24)38)42-29-28(41)27(40)26(39)20(15-34)43-29/h4-5,7,11,17,20,22,26-29,33-34,36,38-41H,1,6,8-10,12-15H2,2-3H3,(H,32,37)/b11-7-/t17?,20?,22-,26?,27?,28?,29?,31?/m1/s1. The Morgan fingerprint density at radius 2 is 1.88 bits per heavy atom. The molecule has 8 atom stereocenters. The molecule has 4 fully saturated rings. The summed E-state index contributed by atoms with van der Waals surface area (Å²) in [6, 6.07) is 2.63. The number of carbonyl (C=O) groups excluding carboxylic acids is 2. The second-order valence-electron chi connectivity index (χ2n) is 12.6. The van der Waals surface area contributed by atoms with Gasteiger partial charge in [0.15, 0.2) is 5.78 Å². The molecule has 1 heterocycles. The highest BCUT2D eigenvalue weighted by molar-refractivity contribution is 5.97. The number of nitrogens with one attached hydrogen (secondary N) is 1. The van der Waals surface area contributed by atoms with Crippen LogP contribution < -0.4 is 10.1 Å². The first-order valence-electron chi connectivity index (χ1n) is 14.5. The topological polar surface area (TPSA) is 206 Å². The normalized spacial score (nSPS) is 32.7. The van der Waals surface area contributed by atoms with E-state index in [2.05, 4.69) is 11.9 Å². The van der Waals surface area contributed by atoms with Crippen molar-refractivity contribution in [2.45, 2.75) is 95.8 Å². The Bertz CT molecular complexity index is 1240. The van der Waals surface area contributed by atoms with Crippen LogP contribution in [0.4, 0.5) is 5.69 Å². The highest BCUT2D eigenvalue weighted by atomic mass is 16.7. The molecule has 0 radical (unpaired) electrons. The molecule has 3 aliphatic carbocycles. The van der Waals surface area contributed by atoms with Gasteiger partial charge in [0.05, 0.1) is 19.3 Å². The lowest BCUT2D eigenvalue weighted by atomic mass is 9.57. The number of aromatic hydroxyl groups is 1. The van der Waals surface area contributed by atoms with Gasteiger partial charge >= 0.3 is 0 Å². The van der Waals surface area contributed by atoms with Crippen LogP contribution in [-0.2, 0) is 20.9 Å². The molecule has 12 nitrogen and oxygen atoms in total. The highest BCUT2D eigenvalue weighted by Crippen LogP contribution is 2.53. The average molecular weight is 606 g/mol. The third kappa shape index (κ3) is 6.80. The molecule has 4 aliphatic rings. The first-order valence-corrected chi connectivity index (χ1v) is 14.5. The zero-order chi connectivity index (χ0) is 31.7. The van der Waals surface area contributed by atoms with Crippen molar-refractivity contribution in [3.8, 4) is 11.5 Å². The molecule has 3 saturated carbocycles. The Morgan fingerprint density at radius 3 is 2.51 bits per heavy atom. The van der Waals surface area contributed by atoms with Gasteiger partial charge in [0.2, 0.25) is 12.2 Å². The molecule has 12 heteroatoms. The van der Waals surface area contributed by atoms with Gasteiger partial charge < -0.3 is 50.5 Å². The number of benzene rings is 1. The third-order valence-electron chi connectivity index (χ3n) is 9.22. The van der Waals surface area contributed by atoms with E-state index in [-0.39, 0.29) is 35.6 Å². The predicted molar refractivity (Wildman–Crippen MR) is 154 cm³/mol. The molecule has 43 heavy (non-hydrogen) atoms. The van der Waals surface area contributed by atoms with Crippen molar-refractivity contribution in [3.63, 3.8) is 0 Å². The van der Waals surface area contributed by atoms with E-state index in [4.69, 9.17) is 9.47 Å². The minimum Gasteiger partial charge on any atom is -0.505 e. The molecule has 8 N–H and O–H groups in total. The number of ketones is 1. The van der Waals surface area contributed by atoms with Crippen molar-refractivity contribution in [1.82, 2.24) is 0 Å². The summed E-state index contributed by atoms with van der Waals surface area (Å²) < 4.78 is 11.0. The number of amides is 1. The molecule has 2 bridgehead atoms. The van der Waals surface area contributed by atoms with Crippen molar-refractivity contribution in [1.29, 1.82) is 0 Å². The number of hydrogen-bond donors (Lipinski definition) is 8. The van der Waals surface area contributed by atoms with E-state index in [9.17, 15) is 45.3 Å². The summed E-state index contributed by atoms with van der Waals surface area (Å²) in [6.07, 6.45) is -2.04. The molecule has 238 valence electrons. The molecule has 1 aromatic carbocycles. The minimum atomic E-state index is -1.73. The van der Waals surface area contributed by atoms with Crippen LogP contribution in [0.5, 0.6) is 11.5 Å². The van der Waals surface area contributed by atoms with Gasteiger partial charge in [0, 0.05) is 22.8 Å². The molecule has 7 unspecified atom stereocenters. The number of allylic oxidation sites excluding steroid dienone is 2. The first kappa shape index (κ1) is 33.1. The Balaban J connectivity index is 1.43. The van der Waals surface area contributed by atoms with Crippen molar-refractivity contribution in [2.24, 2.45) is 16.7 Å². The summed E-state index contributed by atoms with van der Waals surface area (Å²) in [6.45, 7) is 6.34. The maximum Gasteiger partial charge on any atom is 0.229 e. The molecule has 1 amide bonds. The maximum atomic E-state index is 13.2. The molecular weight excluding hydrogens is 562 g/mol. The lowest BCUT2D eigenvalue weighted by Crippen LogP contribution is -2.60. The lowest BCUT2D eigenvalue weighted by Gasteiger charge is -2.49. The molecule has 5 rings (SSSR count). The fourth-order valence-corrected chi connectivity index (χ4v) is 6.10. The summed E-state index contributed by atoms with van der Waals surface area (Å²) in [4.78, 5) is 26.2. The Kier molecular flexibility index (Phi) is 10.0. The molecular formula is C31H43NO11. The van der Waals surface area contributed by atoms with Gasteiger partial charge in [-0.3, -0.25) is 9.59 Å². The predicted octanol–water partition coefficient (Wildman–Crippen LogP) is 1.04. The van der Waals surface area contributed by atoms with Crippen LogP contribution in [0, 0.1) is 16.7 Å². The second-order valence-corrected chi connectivity index (χ2v) is 12.6. The van der Waals surface area contributed by atoms with Gasteiger partial charge in [-0.25, -0.2) is 0 Å². The Labute approximate surface area is 250 Å². The second kappa shape index (κ2) is 13.0. The quantitative estimate of drug-likeness (QED) is 0.102. The van der Waals surface area contributed by atoms with Crippen LogP contribution in [0.2, 0.25) is 0 Å².